The maximum absolute atomic E-state index is 13.5. The lowest BCUT2D eigenvalue weighted by Gasteiger charge is -2.48. The van der Waals surface area contributed by atoms with Crippen molar-refractivity contribution in [3.05, 3.63) is 29.8 Å². The molecule has 3 amide bonds. The summed E-state index contributed by atoms with van der Waals surface area (Å²) in [6, 6.07) is 6.92. The van der Waals surface area contributed by atoms with Crippen LogP contribution < -0.4 is 4.90 Å². The predicted molar refractivity (Wildman–Crippen MR) is 111 cm³/mol. The number of rotatable bonds is 4. The fourth-order valence-electron chi connectivity index (χ4n) is 5.31. The standard InChI is InChI=1S/C23H27N3O5/c1-15-6-4-5-13-24(15)20(28)14-31-22(30)23-12-11-19(27)26(23)18-8-3-2-7-17(18)21(29)25(23)16-9-10-16/h2-3,7-8,15-16H,4-6,9-14H2,1H3/t15-,23-/m1/s1. The number of ether oxygens (including phenoxy) is 1. The summed E-state index contributed by atoms with van der Waals surface area (Å²) in [4.78, 5) is 57.3. The molecule has 31 heavy (non-hydrogen) atoms. The maximum atomic E-state index is 13.5. The Balaban J connectivity index is 1.45. The van der Waals surface area contributed by atoms with Crippen molar-refractivity contribution in [2.75, 3.05) is 18.1 Å². The minimum absolute atomic E-state index is 0.0976. The molecule has 8 nitrogen and oxygen atoms in total. The molecule has 1 saturated carbocycles. The Hall–Kier alpha value is -2.90. The Morgan fingerprint density at radius 3 is 2.65 bits per heavy atom. The van der Waals surface area contributed by atoms with Crippen molar-refractivity contribution < 1.29 is 23.9 Å². The molecule has 1 aliphatic carbocycles. The molecule has 8 heteroatoms. The molecule has 164 valence electrons. The Morgan fingerprint density at radius 2 is 1.90 bits per heavy atom. The van der Waals surface area contributed by atoms with Crippen LogP contribution >= 0.6 is 0 Å². The molecule has 1 aromatic rings. The summed E-state index contributed by atoms with van der Waals surface area (Å²) in [6.07, 6.45) is 4.86. The number of likely N-dealkylation sites (tertiary alicyclic amines) is 1. The van der Waals surface area contributed by atoms with E-state index in [2.05, 4.69) is 0 Å². The zero-order valence-electron chi connectivity index (χ0n) is 17.7. The summed E-state index contributed by atoms with van der Waals surface area (Å²) in [6.45, 7) is 2.29. The quantitative estimate of drug-likeness (QED) is 0.690. The number of amides is 3. The predicted octanol–water partition coefficient (Wildman–Crippen LogP) is 2.07. The van der Waals surface area contributed by atoms with E-state index in [4.69, 9.17) is 4.74 Å². The zero-order chi connectivity index (χ0) is 21.8. The monoisotopic (exact) mass is 425 g/mol. The van der Waals surface area contributed by atoms with Crippen molar-refractivity contribution in [2.24, 2.45) is 0 Å². The van der Waals surface area contributed by atoms with Crippen LogP contribution in [0.1, 0.15) is 62.2 Å². The summed E-state index contributed by atoms with van der Waals surface area (Å²) in [7, 11) is 0. The van der Waals surface area contributed by atoms with Gasteiger partial charge < -0.3 is 14.5 Å². The van der Waals surface area contributed by atoms with Crippen molar-refractivity contribution in [3.63, 3.8) is 0 Å². The van der Waals surface area contributed by atoms with Crippen LogP contribution in [0.25, 0.3) is 0 Å². The lowest BCUT2D eigenvalue weighted by atomic mass is 9.96. The molecule has 2 atom stereocenters. The number of carbonyl (C=O) groups excluding carboxylic acids is 4. The van der Waals surface area contributed by atoms with Crippen molar-refractivity contribution in [3.8, 4) is 0 Å². The van der Waals surface area contributed by atoms with Crippen LogP contribution in [0.5, 0.6) is 0 Å². The Kier molecular flexibility index (Phi) is 4.75. The SMILES string of the molecule is C[C@@H]1CCCCN1C(=O)COC(=O)[C@@]12CCC(=O)N1c1ccccc1C(=O)N2C1CC1. The largest absolute Gasteiger partial charge is 0.452 e. The number of carbonyl (C=O) groups is 4. The van der Waals surface area contributed by atoms with Gasteiger partial charge in [0.2, 0.25) is 11.6 Å². The van der Waals surface area contributed by atoms with Crippen LogP contribution in [-0.4, -0.2) is 64.4 Å². The van der Waals surface area contributed by atoms with Gasteiger partial charge in [0, 0.05) is 31.5 Å². The highest BCUT2D eigenvalue weighted by Gasteiger charge is 2.64. The number of piperidine rings is 1. The van der Waals surface area contributed by atoms with Gasteiger partial charge in [-0.2, -0.15) is 0 Å². The molecule has 4 aliphatic rings. The van der Waals surface area contributed by atoms with Gasteiger partial charge in [-0.1, -0.05) is 12.1 Å². The first-order valence-corrected chi connectivity index (χ1v) is 11.2. The minimum Gasteiger partial charge on any atom is -0.452 e. The summed E-state index contributed by atoms with van der Waals surface area (Å²) in [5.41, 5.74) is -0.636. The van der Waals surface area contributed by atoms with Crippen molar-refractivity contribution in [1.82, 2.24) is 9.80 Å². The number of anilines is 1. The molecule has 0 bridgehead atoms. The average molecular weight is 425 g/mol. The van der Waals surface area contributed by atoms with E-state index in [9.17, 15) is 19.2 Å². The van der Waals surface area contributed by atoms with E-state index in [1.54, 1.807) is 34.1 Å². The molecule has 5 rings (SSSR count). The summed E-state index contributed by atoms with van der Waals surface area (Å²) < 4.78 is 5.55. The van der Waals surface area contributed by atoms with E-state index in [-0.39, 0.29) is 49.3 Å². The number of nitrogens with zero attached hydrogens (tertiary/aromatic N) is 3. The Morgan fingerprint density at radius 1 is 1.13 bits per heavy atom. The molecule has 0 spiro atoms. The lowest BCUT2D eigenvalue weighted by Crippen LogP contribution is -2.69. The van der Waals surface area contributed by atoms with E-state index in [1.807, 2.05) is 6.92 Å². The summed E-state index contributed by atoms with van der Waals surface area (Å²) in [5, 5.41) is 0. The van der Waals surface area contributed by atoms with Gasteiger partial charge in [0.25, 0.3) is 11.8 Å². The molecule has 3 aliphatic heterocycles. The Bertz CT molecular complexity index is 958. The van der Waals surface area contributed by atoms with Crippen LogP contribution in [0.2, 0.25) is 0 Å². The van der Waals surface area contributed by atoms with Gasteiger partial charge in [0.1, 0.15) is 0 Å². The van der Waals surface area contributed by atoms with Gasteiger partial charge in [0.15, 0.2) is 6.61 Å². The van der Waals surface area contributed by atoms with Crippen molar-refractivity contribution >= 4 is 29.4 Å². The maximum Gasteiger partial charge on any atom is 0.354 e. The molecular formula is C23H27N3O5. The molecular weight excluding hydrogens is 398 g/mol. The smallest absolute Gasteiger partial charge is 0.354 e. The van der Waals surface area contributed by atoms with E-state index in [1.165, 1.54) is 4.90 Å². The third-order valence-corrected chi connectivity index (χ3v) is 6.99. The molecule has 2 saturated heterocycles. The van der Waals surface area contributed by atoms with Crippen LogP contribution in [0.4, 0.5) is 5.69 Å². The van der Waals surface area contributed by atoms with Crippen molar-refractivity contribution in [2.45, 2.75) is 69.6 Å². The number of fused-ring (bicyclic) bond motifs is 3. The highest BCUT2D eigenvalue weighted by molar-refractivity contribution is 6.15. The minimum atomic E-state index is -1.50. The third-order valence-electron chi connectivity index (χ3n) is 6.99. The van der Waals surface area contributed by atoms with Crippen LogP contribution in [0.15, 0.2) is 24.3 Å². The number of para-hydroxylation sites is 1. The average Bonchev–Trinajstić information content (AvgIpc) is 3.54. The zero-order valence-corrected chi connectivity index (χ0v) is 17.7. The molecule has 3 heterocycles. The van der Waals surface area contributed by atoms with E-state index >= 15 is 0 Å². The first-order chi connectivity index (χ1) is 14.9. The van der Waals surface area contributed by atoms with E-state index in [0.29, 0.717) is 17.8 Å². The van der Waals surface area contributed by atoms with Crippen LogP contribution in [0.3, 0.4) is 0 Å². The second-order valence-electron chi connectivity index (χ2n) is 8.98. The van der Waals surface area contributed by atoms with Crippen LogP contribution in [-0.2, 0) is 19.1 Å². The van der Waals surface area contributed by atoms with Gasteiger partial charge in [0.05, 0.1) is 11.3 Å². The molecule has 0 aromatic heterocycles. The topological polar surface area (TPSA) is 87.2 Å². The fraction of sp³-hybridized carbons (Fsp3) is 0.565. The Labute approximate surface area is 181 Å². The molecule has 1 aromatic carbocycles. The summed E-state index contributed by atoms with van der Waals surface area (Å²) >= 11 is 0. The van der Waals surface area contributed by atoms with Crippen molar-refractivity contribution in [1.29, 1.82) is 0 Å². The van der Waals surface area contributed by atoms with Crippen LogP contribution in [0, 0.1) is 0 Å². The molecule has 0 N–H and O–H groups in total. The second kappa shape index (κ2) is 7.35. The number of esters is 1. The molecule has 3 fully saturated rings. The third kappa shape index (κ3) is 3.03. The number of benzene rings is 1. The normalized spacial score (nSPS) is 27.8. The number of hydrogen-bond acceptors (Lipinski definition) is 5. The van der Waals surface area contributed by atoms with Gasteiger partial charge in [-0.3, -0.25) is 19.3 Å². The van der Waals surface area contributed by atoms with Gasteiger partial charge in [-0.15, -0.1) is 0 Å². The van der Waals surface area contributed by atoms with Gasteiger partial charge in [-0.25, -0.2) is 4.79 Å². The lowest BCUT2D eigenvalue weighted by molar-refractivity contribution is -0.163. The highest BCUT2D eigenvalue weighted by atomic mass is 16.5. The first-order valence-electron chi connectivity index (χ1n) is 11.2. The first kappa shape index (κ1) is 20.0. The van der Waals surface area contributed by atoms with Gasteiger partial charge >= 0.3 is 5.97 Å². The molecule has 0 unspecified atom stereocenters. The van der Waals surface area contributed by atoms with Gasteiger partial charge in [-0.05, 0) is 51.2 Å². The fourth-order valence-corrected chi connectivity index (χ4v) is 5.31. The second-order valence-corrected chi connectivity index (χ2v) is 8.98. The van der Waals surface area contributed by atoms with E-state index in [0.717, 1.165) is 32.1 Å². The highest BCUT2D eigenvalue weighted by Crippen LogP contribution is 2.49. The molecule has 0 radical (unpaired) electrons. The van der Waals surface area contributed by atoms with E-state index < -0.39 is 11.6 Å². The number of hydrogen-bond donors (Lipinski definition) is 0. The summed E-state index contributed by atoms with van der Waals surface area (Å²) in [5.74, 6) is -1.38.